The van der Waals surface area contributed by atoms with Crippen LogP contribution in [0.25, 0.3) is 0 Å². The summed E-state index contributed by atoms with van der Waals surface area (Å²) in [7, 11) is 0. The molecule has 0 amide bonds. The van der Waals surface area contributed by atoms with Crippen LogP contribution in [0.2, 0.25) is 0 Å². The number of aliphatic hydroxyl groups excluding tert-OH is 2. The third-order valence-corrected chi connectivity index (χ3v) is 4.09. The van der Waals surface area contributed by atoms with Crippen molar-refractivity contribution in [2.45, 2.75) is 43.9 Å². The van der Waals surface area contributed by atoms with Gasteiger partial charge in [0, 0.05) is 17.8 Å². The van der Waals surface area contributed by atoms with E-state index < -0.39 is 0 Å². The van der Waals surface area contributed by atoms with Crippen molar-refractivity contribution in [2.75, 3.05) is 11.4 Å². The summed E-state index contributed by atoms with van der Waals surface area (Å²) < 4.78 is 0. The summed E-state index contributed by atoms with van der Waals surface area (Å²) in [6.07, 6.45) is 3.28. The van der Waals surface area contributed by atoms with E-state index in [1.165, 1.54) is 0 Å². The van der Waals surface area contributed by atoms with Crippen LogP contribution < -0.4 is 4.90 Å². The van der Waals surface area contributed by atoms with Crippen molar-refractivity contribution in [1.29, 1.82) is 0 Å². The largest absolute Gasteiger partial charge is 0.391 e. The van der Waals surface area contributed by atoms with Gasteiger partial charge in [-0.1, -0.05) is 18.2 Å². The first-order valence-electron chi connectivity index (χ1n) is 6.49. The number of rotatable bonds is 1. The molecule has 0 saturated heterocycles. The molecule has 3 heteroatoms. The molecule has 1 aliphatic heterocycles. The molecule has 1 fully saturated rings. The fraction of sp³-hybridized carbons (Fsp3) is 0.571. The quantitative estimate of drug-likeness (QED) is 0.778. The van der Waals surface area contributed by atoms with Crippen molar-refractivity contribution >= 4 is 5.69 Å². The van der Waals surface area contributed by atoms with Gasteiger partial charge in [-0.2, -0.15) is 0 Å². The summed E-state index contributed by atoms with van der Waals surface area (Å²) in [4.78, 5) is 2.29. The summed E-state index contributed by atoms with van der Waals surface area (Å²) in [5.74, 6) is 0. The second-order valence-corrected chi connectivity index (χ2v) is 5.12. The van der Waals surface area contributed by atoms with Gasteiger partial charge in [-0.15, -0.1) is 0 Å². The third-order valence-electron chi connectivity index (χ3n) is 4.09. The molecule has 1 saturated carbocycles. The summed E-state index contributed by atoms with van der Waals surface area (Å²) in [5.41, 5.74) is 2.12. The van der Waals surface area contributed by atoms with Crippen molar-refractivity contribution in [3.05, 3.63) is 29.8 Å². The van der Waals surface area contributed by atoms with Crippen molar-refractivity contribution in [1.82, 2.24) is 0 Å². The van der Waals surface area contributed by atoms with Gasteiger partial charge in [0.2, 0.25) is 0 Å². The Bertz CT molecular complexity index is 407. The molecule has 0 spiro atoms. The molecule has 3 atom stereocenters. The van der Waals surface area contributed by atoms with Crippen LogP contribution in [-0.2, 0) is 0 Å². The highest BCUT2D eigenvalue weighted by molar-refractivity contribution is 5.57. The molecule has 17 heavy (non-hydrogen) atoms. The Morgan fingerprint density at radius 2 is 1.88 bits per heavy atom. The molecule has 1 aromatic rings. The Kier molecular flexibility index (Phi) is 2.81. The lowest BCUT2D eigenvalue weighted by molar-refractivity contribution is 0.142. The van der Waals surface area contributed by atoms with Crippen molar-refractivity contribution < 1.29 is 10.2 Å². The van der Waals surface area contributed by atoms with Crippen molar-refractivity contribution in [3.8, 4) is 0 Å². The van der Waals surface area contributed by atoms with E-state index in [-0.39, 0.29) is 18.2 Å². The summed E-state index contributed by atoms with van der Waals surface area (Å²) >= 11 is 0. The van der Waals surface area contributed by atoms with Crippen LogP contribution in [0.1, 0.15) is 37.4 Å². The third kappa shape index (κ3) is 1.83. The molecule has 0 bridgehead atoms. The molecule has 0 aromatic heterocycles. The maximum Gasteiger partial charge on any atom is 0.0826 e. The van der Waals surface area contributed by atoms with Gasteiger partial charge in [-0.3, -0.25) is 0 Å². The van der Waals surface area contributed by atoms with Crippen LogP contribution in [0.5, 0.6) is 0 Å². The zero-order chi connectivity index (χ0) is 11.8. The number of fused-ring (bicyclic) bond motifs is 1. The van der Waals surface area contributed by atoms with E-state index in [0.717, 1.165) is 43.5 Å². The van der Waals surface area contributed by atoms with E-state index in [2.05, 4.69) is 11.0 Å². The predicted molar refractivity (Wildman–Crippen MR) is 67.0 cm³/mol. The molecule has 3 nitrogen and oxygen atoms in total. The Balaban J connectivity index is 1.95. The Hall–Kier alpha value is -1.06. The maximum absolute atomic E-state index is 10.0. The monoisotopic (exact) mass is 233 g/mol. The number of hydrogen-bond acceptors (Lipinski definition) is 3. The molecule has 2 aliphatic rings. The van der Waals surface area contributed by atoms with Crippen molar-refractivity contribution in [2.24, 2.45) is 0 Å². The lowest BCUT2D eigenvalue weighted by atomic mass is 9.96. The molecular weight excluding hydrogens is 214 g/mol. The standard InChI is InChI=1S/C14H19NO2/c16-13-8-9-15(12-6-3-7-14(12)17)11-5-2-1-4-10(11)13/h1-2,4-5,12-14,16-17H,3,6-9H2. The van der Waals surface area contributed by atoms with Gasteiger partial charge in [0.15, 0.2) is 0 Å². The van der Waals surface area contributed by atoms with Crippen LogP contribution in [0.3, 0.4) is 0 Å². The molecule has 92 valence electrons. The first kappa shape index (κ1) is 11.1. The zero-order valence-corrected chi connectivity index (χ0v) is 9.92. The lowest BCUT2D eigenvalue weighted by Crippen LogP contribution is -2.44. The zero-order valence-electron chi connectivity index (χ0n) is 9.92. The molecule has 3 unspecified atom stereocenters. The molecule has 2 N–H and O–H groups in total. The number of para-hydroxylation sites is 1. The molecule has 0 radical (unpaired) electrons. The van der Waals surface area contributed by atoms with Gasteiger partial charge in [0.25, 0.3) is 0 Å². The number of nitrogens with zero attached hydrogens (tertiary/aromatic N) is 1. The van der Waals surface area contributed by atoms with Crippen LogP contribution in [0.4, 0.5) is 5.69 Å². The number of aliphatic hydroxyl groups is 2. The van der Waals surface area contributed by atoms with Crippen molar-refractivity contribution in [3.63, 3.8) is 0 Å². The molecule has 1 heterocycles. The summed E-state index contributed by atoms with van der Waals surface area (Å²) in [5, 5.41) is 20.0. The van der Waals surface area contributed by atoms with Gasteiger partial charge in [0.05, 0.1) is 18.2 Å². The summed E-state index contributed by atoms with van der Waals surface area (Å²) in [6.45, 7) is 0.847. The van der Waals surface area contributed by atoms with E-state index in [4.69, 9.17) is 0 Å². The van der Waals surface area contributed by atoms with E-state index in [9.17, 15) is 10.2 Å². The van der Waals surface area contributed by atoms with E-state index >= 15 is 0 Å². The van der Waals surface area contributed by atoms with Gasteiger partial charge in [-0.25, -0.2) is 0 Å². The second-order valence-electron chi connectivity index (χ2n) is 5.12. The minimum Gasteiger partial charge on any atom is -0.391 e. The minimum atomic E-state index is -0.346. The second kappa shape index (κ2) is 4.31. The molecule has 1 aromatic carbocycles. The minimum absolute atomic E-state index is 0.210. The molecule has 3 rings (SSSR count). The fourth-order valence-electron chi connectivity index (χ4n) is 3.20. The smallest absolute Gasteiger partial charge is 0.0826 e. The number of anilines is 1. The Morgan fingerprint density at radius 1 is 1.06 bits per heavy atom. The highest BCUT2D eigenvalue weighted by Crippen LogP contribution is 2.38. The lowest BCUT2D eigenvalue weighted by Gasteiger charge is -2.39. The maximum atomic E-state index is 10.0. The average molecular weight is 233 g/mol. The van der Waals surface area contributed by atoms with Crippen LogP contribution in [-0.4, -0.2) is 28.9 Å². The molecular formula is C14H19NO2. The first-order valence-corrected chi connectivity index (χ1v) is 6.49. The average Bonchev–Trinajstić information content (AvgIpc) is 2.77. The highest BCUT2D eigenvalue weighted by atomic mass is 16.3. The Labute approximate surface area is 102 Å². The normalized spacial score (nSPS) is 32.6. The van der Waals surface area contributed by atoms with Gasteiger partial charge >= 0.3 is 0 Å². The van der Waals surface area contributed by atoms with Gasteiger partial charge in [-0.05, 0) is 31.7 Å². The predicted octanol–water partition coefficient (Wildman–Crippen LogP) is 1.84. The van der Waals surface area contributed by atoms with Gasteiger partial charge in [0.1, 0.15) is 0 Å². The molecule has 1 aliphatic carbocycles. The van der Waals surface area contributed by atoms with E-state index in [0.29, 0.717) is 0 Å². The number of benzene rings is 1. The van der Waals surface area contributed by atoms with Crippen LogP contribution in [0, 0.1) is 0 Å². The number of hydrogen-bond donors (Lipinski definition) is 2. The summed E-state index contributed by atoms with van der Waals surface area (Å²) in [6, 6.07) is 8.27. The Morgan fingerprint density at radius 3 is 2.65 bits per heavy atom. The van der Waals surface area contributed by atoms with Crippen LogP contribution >= 0.6 is 0 Å². The topological polar surface area (TPSA) is 43.7 Å². The van der Waals surface area contributed by atoms with E-state index in [1.54, 1.807) is 0 Å². The SMILES string of the molecule is OC1CCN(C2CCCC2O)c2ccccc21. The van der Waals surface area contributed by atoms with E-state index in [1.807, 2.05) is 18.2 Å². The fourth-order valence-corrected chi connectivity index (χ4v) is 3.20. The first-order chi connectivity index (χ1) is 8.27. The van der Waals surface area contributed by atoms with Gasteiger partial charge < -0.3 is 15.1 Å². The van der Waals surface area contributed by atoms with Crippen LogP contribution in [0.15, 0.2) is 24.3 Å². The highest BCUT2D eigenvalue weighted by Gasteiger charge is 2.34.